The van der Waals surface area contributed by atoms with Crippen LogP contribution in [0.3, 0.4) is 0 Å². The summed E-state index contributed by atoms with van der Waals surface area (Å²) in [6.45, 7) is 1.80. The number of hydrogen-bond donors (Lipinski definition) is 0. The molecule has 0 radical (unpaired) electrons. The first-order valence-electron chi connectivity index (χ1n) is 6.28. The van der Waals surface area contributed by atoms with Gasteiger partial charge in [-0.05, 0) is 37.1 Å². The maximum Gasteiger partial charge on any atom is 1.00 e. The van der Waals surface area contributed by atoms with E-state index in [1.165, 1.54) is 37.1 Å². The molecular weight excluding hydrogens is 305 g/mol. The molecule has 20 heavy (non-hydrogen) atoms. The Hall–Kier alpha value is 0.166. The molecular formula is C12H16KN3O3S. The zero-order chi connectivity index (χ0) is 13.7. The third-order valence-corrected chi connectivity index (χ3v) is 3.84. The molecule has 2 rings (SSSR count). The molecule has 0 aromatic heterocycles. The molecule has 1 aliphatic rings. The van der Waals surface area contributed by atoms with Crippen LogP contribution in [0.15, 0.2) is 39.5 Å². The van der Waals surface area contributed by atoms with Crippen molar-refractivity contribution in [2.24, 2.45) is 10.3 Å². The van der Waals surface area contributed by atoms with Gasteiger partial charge in [-0.2, -0.15) is 0 Å². The summed E-state index contributed by atoms with van der Waals surface area (Å²) in [6, 6.07) is 5.45. The topological polar surface area (TPSA) is 85.2 Å². The van der Waals surface area contributed by atoms with Crippen molar-refractivity contribution in [3.63, 3.8) is 0 Å². The van der Waals surface area contributed by atoms with Crippen LogP contribution in [0.25, 0.3) is 0 Å². The number of nitrogens with zero attached hydrogens (tertiary/aromatic N) is 3. The van der Waals surface area contributed by atoms with E-state index >= 15 is 0 Å². The average molecular weight is 321 g/mol. The Bertz CT molecular complexity index is 538. The first-order valence-corrected chi connectivity index (χ1v) is 7.69. The Morgan fingerprint density at radius 2 is 1.55 bits per heavy atom. The van der Waals surface area contributed by atoms with Crippen LogP contribution in [0, 0.1) is 0 Å². The van der Waals surface area contributed by atoms with E-state index in [1.54, 1.807) is 0 Å². The number of hydrogen-bond acceptors (Lipinski definition) is 5. The van der Waals surface area contributed by atoms with Gasteiger partial charge in [-0.15, -0.1) is 5.11 Å². The van der Waals surface area contributed by atoms with Crippen LogP contribution in [0.5, 0.6) is 0 Å². The summed E-state index contributed by atoms with van der Waals surface area (Å²) in [5.74, 6) is 0. The van der Waals surface area contributed by atoms with E-state index in [9.17, 15) is 13.0 Å². The molecule has 6 nitrogen and oxygen atoms in total. The van der Waals surface area contributed by atoms with E-state index in [-0.39, 0.29) is 56.3 Å². The maximum absolute atomic E-state index is 10.8. The van der Waals surface area contributed by atoms with E-state index in [1.807, 2.05) is 5.01 Å². The molecule has 1 saturated heterocycles. The van der Waals surface area contributed by atoms with Crippen molar-refractivity contribution in [2.75, 3.05) is 13.1 Å². The van der Waals surface area contributed by atoms with Gasteiger partial charge in [0, 0.05) is 13.1 Å². The SMILES string of the molecule is O=S(=O)([O-])c1ccc(N=NN2CCCCCC2)cc1.[K+]. The number of benzene rings is 1. The van der Waals surface area contributed by atoms with Crippen molar-refractivity contribution in [1.29, 1.82) is 0 Å². The molecule has 1 aromatic carbocycles. The molecule has 0 atom stereocenters. The first-order chi connectivity index (χ1) is 9.05. The minimum Gasteiger partial charge on any atom is -0.744 e. The molecule has 1 fully saturated rings. The summed E-state index contributed by atoms with van der Waals surface area (Å²) in [5, 5.41) is 10.1. The van der Waals surface area contributed by atoms with Gasteiger partial charge < -0.3 is 4.55 Å². The summed E-state index contributed by atoms with van der Waals surface area (Å²) in [5.41, 5.74) is 0.539. The molecule has 0 saturated carbocycles. The second-order valence-corrected chi connectivity index (χ2v) is 5.88. The van der Waals surface area contributed by atoms with Gasteiger partial charge in [0.25, 0.3) is 0 Å². The van der Waals surface area contributed by atoms with Crippen LogP contribution >= 0.6 is 0 Å². The van der Waals surface area contributed by atoms with Gasteiger partial charge >= 0.3 is 51.4 Å². The molecule has 8 heteroatoms. The predicted octanol–water partition coefficient (Wildman–Crippen LogP) is -0.531. The monoisotopic (exact) mass is 321 g/mol. The zero-order valence-electron chi connectivity index (χ0n) is 11.5. The maximum atomic E-state index is 10.8. The van der Waals surface area contributed by atoms with Crippen molar-refractivity contribution in [1.82, 2.24) is 5.01 Å². The first kappa shape index (κ1) is 18.2. The second kappa shape index (κ2) is 8.57. The van der Waals surface area contributed by atoms with E-state index in [2.05, 4.69) is 10.3 Å². The van der Waals surface area contributed by atoms with Crippen molar-refractivity contribution >= 4 is 15.8 Å². The third kappa shape index (κ3) is 5.88. The van der Waals surface area contributed by atoms with Crippen molar-refractivity contribution in [2.45, 2.75) is 30.6 Å². The average Bonchev–Trinajstić information content (AvgIpc) is 2.64. The Kier molecular flexibility index (Phi) is 7.81. The van der Waals surface area contributed by atoms with E-state index in [0.29, 0.717) is 5.69 Å². The third-order valence-electron chi connectivity index (χ3n) is 2.99. The van der Waals surface area contributed by atoms with Gasteiger partial charge in [-0.3, -0.25) is 5.01 Å². The Balaban J connectivity index is 0.00000200. The summed E-state index contributed by atoms with van der Waals surface area (Å²) in [7, 11) is -4.39. The molecule has 104 valence electrons. The van der Waals surface area contributed by atoms with Gasteiger partial charge in [0.15, 0.2) is 0 Å². The van der Waals surface area contributed by atoms with Gasteiger partial charge in [-0.1, -0.05) is 18.1 Å². The standard InChI is InChI=1S/C12H17N3O3S.K/c16-19(17,18)12-7-5-11(6-8-12)13-14-15-9-3-1-2-4-10-15;/h5-8H,1-4,9-10H2,(H,16,17,18);/q;+1/p-1. The quantitative estimate of drug-likeness (QED) is 0.425. The summed E-state index contributed by atoms with van der Waals surface area (Å²) >= 11 is 0. The molecule has 0 aliphatic carbocycles. The van der Waals surface area contributed by atoms with Crippen LogP contribution in [0.1, 0.15) is 25.7 Å². The minimum atomic E-state index is -4.39. The van der Waals surface area contributed by atoms with Crippen molar-refractivity contribution in [3.8, 4) is 0 Å². The fourth-order valence-corrected chi connectivity index (χ4v) is 2.41. The second-order valence-electron chi connectivity index (χ2n) is 4.51. The molecule has 0 amide bonds. The number of rotatable bonds is 3. The van der Waals surface area contributed by atoms with E-state index in [0.717, 1.165) is 25.9 Å². The van der Waals surface area contributed by atoms with E-state index in [4.69, 9.17) is 0 Å². The normalized spacial score (nSPS) is 16.8. The van der Waals surface area contributed by atoms with Crippen molar-refractivity contribution < 1.29 is 64.4 Å². The van der Waals surface area contributed by atoms with Crippen LogP contribution < -0.4 is 51.4 Å². The van der Waals surface area contributed by atoms with Crippen LogP contribution in [-0.4, -0.2) is 31.1 Å². The fourth-order valence-electron chi connectivity index (χ4n) is 1.94. The Morgan fingerprint density at radius 3 is 2.05 bits per heavy atom. The molecule has 0 N–H and O–H groups in total. The molecule has 1 aromatic rings. The molecule has 0 spiro atoms. The van der Waals surface area contributed by atoms with Gasteiger partial charge in [0.05, 0.1) is 10.6 Å². The van der Waals surface area contributed by atoms with Crippen LogP contribution in [0.2, 0.25) is 0 Å². The van der Waals surface area contributed by atoms with Gasteiger partial charge in [0.2, 0.25) is 0 Å². The molecule has 1 heterocycles. The molecule has 1 aliphatic heterocycles. The molecule has 0 bridgehead atoms. The van der Waals surface area contributed by atoms with Crippen molar-refractivity contribution in [3.05, 3.63) is 24.3 Å². The minimum absolute atomic E-state index is 0. The van der Waals surface area contributed by atoms with Crippen LogP contribution in [0.4, 0.5) is 5.69 Å². The zero-order valence-corrected chi connectivity index (χ0v) is 15.5. The smallest absolute Gasteiger partial charge is 0.744 e. The Morgan fingerprint density at radius 1 is 1.00 bits per heavy atom. The van der Waals surface area contributed by atoms with Gasteiger partial charge in [-0.25, -0.2) is 8.42 Å². The largest absolute Gasteiger partial charge is 1.00 e. The summed E-state index contributed by atoms with van der Waals surface area (Å²) in [4.78, 5) is -0.249. The van der Waals surface area contributed by atoms with E-state index < -0.39 is 10.1 Å². The Labute approximate surface area is 161 Å². The van der Waals surface area contributed by atoms with Crippen LogP contribution in [-0.2, 0) is 10.1 Å². The molecule has 0 unspecified atom stereocenters. The van der Waals surface area contributed by atoms with Gasteiger partial charge in [0.1, 0.15) is 10.1 Å². The summed E-state index contributed by atoms with van der Waals surface area (Å²) < 4.78 is 32.3. The predicted molar refractivity (Wildman–Crippen MR) is 69.0 cm³/mol. The fraction of sp³-hybridized carbons (Fsp3) is 0.500. The summed E-state index contributed by atoms with van der Waals surface area (Å²) in [6.07, 6.45) is 4.68.